The second-order valence-electron chi connectivity index (χ2n) is 10.6. The highest BCUT2D eigenvalue weighted by Crippen LogP contribution is 2.46. The summed E-state index contributed by atoms with van der Waals surface area (Å²) in [6.07, 6.45) is 0. The minimum absolute atomic E-state index is 0.400. The molecule has 1 aromatic heterocycles. The molecule has 1 heterocycles. The maximum Gasteiger partial charge on any atom is 0.0998 e. The average Bonchev–Trinajstić information content (AvgIpc) is 3.44. The number of fused-ring (bicyclic) bond motifs is 3. The Hall–Kier alpha value is -6.92. The second kappa shape index (κ2) is 11.1. The van der Waals surface area contributed by atoms with E-state index in [1.165, 1.54) is 0 Å². The highest BCUT2D eigenvalue weighted by molar-refractivity contribution is 6.20. The van der Waals surface area contributed by atoms with Gasteiger partial charge in [0.15, 0.2) is 0 Å². The number of nitrogens with zero attached hydrogens (tertiary/aromatic N) is 5. The van der Waals surface area contributed by atoms with Crippen molar-refractivity contribution in [3.05, 3.63) is 150 Å². The highest BCUT2D eigenvalue weighted by atomic mass is 15.0. The van der Waals surface area contributed by atoms with Gasteiger partial charge in [-0.15, -0.1) is 0 Å². The first-order valence-corrected chi connectivity index (χ1v) is 14.3. The van der Waals surface area contributed by atoms with Crippen molar-refractivity contribution in [3.63, 3.8) is 0 Å². The molecule has 7 aromatic rings. The normalized spacial score (nSPS) is 10.6. The number of para-hydroxylation sites is 1. The van der Waals surface area contributed by atoms with Crippen molar-refractivity contribution in [1.82, 2.24) is 4.57 Å². The zero-order valence-corrected chi connectivity index (χ0v) is 23.9. The lowest BCUT2D eigenvalue weighted by Gasteiger charge is -2.16. The summed E-state index contributed by atoms with van der Waals surface area (Å²) in [4.78, 5) is 0. The Bertz CT molecular complexity index is 2400. The minimum atomic E-state index is 0.400. The number of hydrogen-bond acceptors (Lipinski definition) is 4. The van der Waals surface area contributed by atoms with Crippen LogP contribution in [0.5, 0.6) is 0 Å². The van der Waals surface area contributed by atoms with Gasteiger partial charge in [-0.25, -0.2) is 0 Å². The van der Waals surface area contributed by atoms with E-state index in [4.69, 9.17) is 0 Å². The van der Waals surface area contributed by atoms with E-state index in [2.05, 4.69) is 41.0 Å². The molecule has 0 aliphatic heterocycles. The van der Waals surface area contributed by atoms with Crippen LogP contribution >= 0.6 is 0 Å². The fourth-order valence-corrected chi connectivity index (χ4v) is 6.30. The summed E-state index contributed by atoms with van der Waals surface area (Å²) in [6.45, 7) is 0. The fourth-order valence-electron chi connectivity index (χ4n) is 6.30. The molecule has 0 saturated carbocycles. The molecule has 7 rings (SSSR count). The third-order valence-electron chi connectivity index (χ3n) is 8.18. The molecule has 0 aliphatic rings. The van der Waals surface area contributed by atoms with Gasteiger partial charge in [-0.3, -0.25) is 0 Å². The molecule has 0 atom stereocenters. The molecule has 5 heteroatoms. The van der Waals surface area contributed by atoms with E-state index in [1.807, 2.05) is 78.9 Å². The number of aromatic nitrogens is 1. The summed E-state index contributed by atoms with van der Waals surface area (Å²) in [5.41, 5.74) is 8.86. The van der Waals surface area contributed by atoms with E-state index in [0.717, 1.165) is 49.7 Å². The molecule has 5 nitrogen and oxygen atoms in total. The van der Waals surface area contributed by atoms with Crippen LogP contribution < -0.4 is 0 Å². The Morgan fingerprint density at radius 2 is 0.956 bits per heavy atom. The van der Waals surface area contributed by atoms with E-state index in [-0.39, 0.29) is 0 Å². The molecule has 0 saturated heterocycles. The average molecular weight is 572 g/mol. The van der Waals surface area contributed by atoms with E-state index in [9.17, 15) is 21.0 Å². The summed E-state index contributed by atoms with van der Waals surface area (Å²) in [7, 11) is 0. The lowest BCUT2D eigenvalue weighted by atomic mass is 9.86. The third-order valence-corrected chi connectivity index (χ3v) is 8.18. The Morgan fingerprint density at radius 3 is 1.53 bits per heavy atom. The minimum Gasteiger partial charge on any atom is -0.309 e. The van der Waals surface area contributed by atoms with Crippen LogP contribution in [0.1, 0.15) is 22.3 Å². The molecule has 0 aliphatic carbocycles. The molecule has 45 heavy (non-hydrogen) atoms. The molecule has 0 unspecified atom stereocenters. The van der Waals surface area contributed by atoms with Gasteiger partial charge in [0.05, 0.1) is 57.6 Å². The molecule has 0 fully saturated rings. The Kier molecular flexibility index (Phi) is 6.62. The van der Waals surface area contributed by atoms with Crippen LogP contribution in [-0.4, -0.2) is 4.57 Å². The van der Waals surface area contributed by atoms with Crippen molar-refractivity contribution in [2.24, 2.45) is 0 Å². The molecule has 0 radical (unpaired) electrons. The Morgan fingerprint density at radius 1 is 0.422 bits per heavy atom. The predicted octanol–water partition coefficient (Wildman–Crippen LogP) is 9.27. The molecule has 6 aromatic carbocycles. The van der Waals surface area contributed by atoms with E-state index >= 15 is 0 Å². The van der Waals surface area contributed by atoms with E-state index in [1.54, 1.807) is 36.4 Å². The molecule has 0 bridgehead atoms. The lowest BCUT2D eigenvalue weighted by Crippen LogP contribution is -1.96. The van der Waals surface area contributed by atoms with Crippen LogP contribution in [0.4, 0.5) is 0 Å². The summed E-state index contributed by atoms with van der Waals surface area (Å²) in [5, 5.41) is 42.3. The van der Waals surface area contributed by atoms with Crippen LogP contribution in [0.15, 0.2) is 127 Å². The number of rotatable bonds is 4. The first-order valence-electron chi connectivity index (χ1n) is 14.3. The zero-order valence-electron chi connectivity index (χ0n) is 23.9. The smallest absolute Gasteiger partial charge is 0.0998 e. The van der Waals surface area contributed by atoms with Gasteiger partial charge in [-0.05, 0) is 71.3 Å². The predicted molar refractivity (Wildman–Crippen MR) is 176 cm³/mol. The van der Waals surface area contributed by atoms with Crippen LogP contribution in [0.3, 0.4) is 0 Å². The quantitative estimate of drug-likeness (QED) is 0.210. The molecule has 0 spiro atoms. The lowest BCUT2D eigenvalue weighted by molar-refractivity contribution is 1.18. The van der Waals surface area contributed by atoms with Crippen LogP contribution in [0.25, 0.3) is 60.9 Å². The Balaban J connectivity index is 1.73. The molecule has 0 N–H and O–H groups in total. The van der Waals surface area contributed by atoms with Crippen LogP contribution in [0.2, 0.25) is 0 Å². The Labute approximate surface area is 259 Å². The third kappa shape index (κ3) is 4.29. The largest absolute Gasteiger partial charge is 0.309 e. The van der Waals surface area contributed by atoms with Gasteiger partial charge in [0.1, 0.15) is 0 Å². The van der Waals surface area contributed by atoms with Crippen molar-refractivity contribution in [1.29, 1.82) is 21.0 Å². The first-order chi connectivity index (χ1) is 22.2. The van der Waals surface area contributed by atoms with Gasteiger partial charge in [0, 0.05) is 33.2 Å². The number of benzene rings is 6. The summed E-state index contributed by atoms with van der Waals surface area (Å²) in [5.74, 6) is 0. The summed E-state index contributed by atoms with van der Waals surface area (Å²) < 4.78 is 2.18. The van der Waals surface area contributed by atoms with Gasteiger partial charge in [-0.1, -0.05) is 72.8 Å². The fraction of sp³-hybridized carbons (Fsp3) is 0. The van der Waals surface area contributed by atoms with Crippen LogP contribution in [0, 0.1) is 45.3 Å². The zero-order chi connectivity index (χ0) is 30.9. The van der Waals surface area contributed by atoms with Gasteiger partial charge >= 0.3 is 0 Å². The van der Waals surface area contributed by atoms with Crippen molar-refractivity contribution in [2.75, 3.05) is 0 Å². The van der Waals surface area contributed by atoms with Crippen molar-refractivity contribution in [2.45, 2.75) is 0 Å². The number of hydrogen-bond donors (Lipinski definition) is 0. The summed E-state index contributed by atoms with van der Waals surface area (Å²) in [6, 6.07) is 49.6. The molecular formula is C40H21N5. The maximum atomic E-state index is 10.3. The van der Waals surface area contributed by atoms with E-state index < -0.39 is 0 Å². The summed E-state index contributed by atoms with van der Waals surface area (Å²) >= 11 is 0. The van der Waals surface area contributed by atoms with Gasteiger partial charge in [-0.2, -0.15) is 21.0 Å². The number of nitriles is 4. The van der Waals surface area contributed by atoms with Gasteiger partial charge in [0.2, 0.25) is 0 Å². The van der Waals surface area contributed by atoms with Crippen LogP contribution in [-0.2, 0) is 0 Å². The molecule has 206 valence electrons. The standard InChI is InChI=1S/C40H21N5/c41-22-28-11-7-12-29(23-42)37(28)27-17-19-35-34(21-27)39-36(45(35)32-15-5-2-6-16-32)20-18-33(26-9-3-1-4-10-26)40(39)38-30(24-43)13-8-14-31(38)25-44/h1-21H. The molecular weight excluding hydrogens is 550 g/mol. The van der Waals surface area contributed by atoms with E-state index in [0.29, 0.717) is 33.4 Å². The monoisotopic (exact) mass is 571 g/mol. The first kappa shape index (κ1) is 26.9. The second-order valence-corrected chi connectivity index (χ2v) is 10.6. The SMILES string of the molecule is N#Cc1cccc(C#N)c1-c1ccc2c(c1)c1c(-c3c(C#N)cccc3C#N)c(-c3ccccc3)ccc1n2-c1ccccc1. The van der Waals surface area contributed by atoms with Gasteiger partial charge < -0.3 is 4.57 Å². The highest BCUT2D eigenvalue weighted by Gasteiger charge is 2.24. The van der Waals surface area contributed by atoms with Crippen molar-refractivity contribution in [3.8, 4) is 63.3 Å². The maximum absolute atomic E-state index is 10.3. The molecule has 0 amide bonds. The topological polar surface area (TPSA) is 100 Å². The van der Waals surface area contributed by atoms with Gasteiger partial charge in [0.25, 0.3) is 0 Å². The van der Waals surface area contributed by atoms with Crippen molar-refractivity contribution < 1.29 is 0 Å². The van der Waals surface area contributed by atoms with Crippen molar-refractivity contribution >= 4 is 21.8 Å².